The van der Waals surface area contributed by atoms with Crippen LogP contribution in [0, 0.1) is 0 Å². The van der Waals surface area contributed by atoms with Gasteiger partial charge in [0.05, 0.1) is 5.57 Å². The van der Waals surface area contributed by atoms with Crippen LogP contribution in [0.2, 0.25) is 0 Å². The molecule has 0 saturated heterocycles. The van der Waals surface area contributed by atoms with Crippen LogP contribution in [0.5, 0.6) is 0 Å². The first-order valence-corrected chi connectivity index (χ1v) is 5.09. The minimum Gasteiger partial charge on any atom is -0.478 e. The van der Waals surface area contributed by atoms with Crippen LogP contribution in [0.1, 0.15) is 20.3 Å². The molecule has 0 spiro atoms. The van der Waals surface area contributed by atoms with E-state index in [1.165, 1.54) is 13.8 Å². The Morgan fingerprint density at radius 2 is 2.00 bits per heavy atom. The Morgan fingerprint density at radius 1 is 1.57 bits per heavy atom. The molecule has 0 heterocycles. The number of hydrogen-bond donors (Lipinski definition) is 2. The molecule has 0 bridgehead atoms. The molecule has 0 aliphatic rings. The fourth-order valence-electron chi connectivity index (χ4n) is 0.781. The molecule has 0 fully saturated rings. The van der Waals surface area contributed by atoms with Crippen LogP contribution in [0.25, 0.3) is 0 Å². The summed E-state index contributed by atoms with van der Waals surface area (Å²) in [6, 6.07) is 0. The largest absolute Gasteiger partial charge is 0.478 e. The van der Waals surface area contributed by atoms with Gasteiger partial charge in [-0.05, 0) is 13.3 Å². The second-order valence-corrected chi connectivity index (χ2v) is 3.90. The van der Waals surface area contributed by atoms with Crippen molar-refractivity contribution in [3.8, 4) is 0 Å². The summed E-state index contributed by atoms with van der Waals surface area (Å²) >= 11 is 0. The zero-order valence-corrected chi connectivity index (χ0v) is 8.67. The van der Waals surface area contributed by atoms with Crippen LogP contribution in [-0.4, -0.2) is 29.6 Å². The molecule has 0 aromatic heterocycles. The van der Waals surface area contributed by atoms with Crippen molar-refractivity contribution in [3.05, 3.63) is 12.2 Å². The number of carboxylic acids is 1. The highest BCUT2D eigenvalue weighted by Gasteiger charge is 2.35. The second-order valence-electron chi connectivity index (χ2n) is 2.88. The van der Waals surface area contributed by atoms with E-state index in [1.54, 1.807) is 0 Å². The van der Waals surface area contributed by atoms with E-state index in [1.807, 2.05) is 0 Å². The zero-order chi connectivity index (χ0) is 11.6. The molecule has 0 aromatic rings. The molecule has 0 aliphatic carbocycles. The monoisotopic (exact) mass is 224 g/mol. The van der Waals surface area contributed by atoms with E-state index in [9.17, 15) is 13.2 Å². The van der Waals surface area contributed by atoms with Crippen LogP contribution < -0.4 is 0 Å². The normalized spacial score (nSPS) is 15.9. The molecular formula is C7H12O6S. The highest BCUT2D eigenvalue weighted by atomic mass is 32.3. The Kier molecular flexibility index (Phi) is 3.81. The molecule has 0 saturated carbocycles. The summed E-state index contributed by atoms with van der Waals surface area (Å²) in [4.78, 5) is 10.5. The highest BCUT2D eigenvalue weighted by molar-refractivity contribution is 7.80. The van der Waals surface area contributed by atoms with Crippen LogP contribution >= 0.6 is 0 Å². The molecular weight excluding hydrogens is 212 g/mol. The molecule has 1 atom stereocenters. The fourth-order valence-corrected chi connectivity index (χ4v) is 1.46. The minimum atomic E-state index is -4.70. The summed E-state index contributed by atoms with van der Waals surface area (Å²) in [5.41, 5.74) is -2.06. The molecule has 0 amide bonds. The summed E-state index contributed by atoms with van der Waals surface area (Å²) in [6.45, 7) is 5.91. The van der Waals surface area contributed by atoms with E-state index in [4.69, 9.17) is 9.66 Å². The molecule has 82 valence electrons. The first kappa shape index (κ1) is 13.1. The third kappa shape index (κ3) is 3.44. The molecule has 2 N–H and O–H groups in total. The van der Waals surface area contributed by atoms with E-state index in [-0.39, 0.29) is 6.42 Å². The highest BCUT2D eigenvalue weighted by Crippen LogP contribution is 2.25. The standard InChI is InChI=1S/C7H12O6S/c1-4-7(3,5(2)6(8)9)13-14(10,11)12/h2,4H2,1,3H3,(H,8,9)(H,10,11,12). The summed E-state index contributed by atoms with van der Waals surface area (Å²) < 4.78 is 33.5. The van der Waals surface area contributed by atoms with Crippen molar-refractivity contribution in [1.29, 1.82) is 0 Å². The summed E-state index contributed by atoms with van der Waals surface area (Å²) in [5.74, 6) is -1.38. The van der Waals surface area contributed by atoms with Crippen molar-refractivity contribution in [2.75, 3.05) is 0 Å². The lowest BCUT2D eigenvalue weighted by molar-refractivity contribution is -0.134. The fraction of sp³-hybridized carbons (Fsp3) is 0.571. The van der Waals surface area contributed by atoms with E-state index < -0.39 is 27.5 Å². The predicted molar refractivity (Wildman–Crippen MR) is 48.1 cm³/mol. The second kappa shape index (κ2) is 4.07. The molecule has 0 radical (unpaired) electrons. The van der Waals surface area contributed by atoms with E-state index in [2.05, 4.69) is 10.8 Å². The first-order valence-electron chi connectivity index (χ1n) is 3.73. The van der Waals surface area contributed by atoms with E-state index in [0.717, 1.165) is 0 Å². The lowest BCUT2D eigenvalue weighted by atomic mass is 9.95. The number of carbonyl (C=O) groups is 1. The van der Waals surface area contributed by atoms with Gasteiger partial charge in [-0.2, -0.15) is 8.42 Å². The summed E-state index contributed by atoms with van der Waals surface area (Å²) in [7, 11) is -4.70. The maximum Gasteiger partial charge on any atom is 0.398 e. The third-order valence-electron chi connectivity index (χ3n) is 1.86. The van der Waals surface area contributed by atoms with Gasteiger partial charge in [0.2, 0.25) is 0 Å². The van der Waals surface area contributed by atoms with Crippen molar-refractivity contribution < 1.29 is 27.1 Å². The first-order chi connectivity index (χ1) is 6.12. The average Bonchev–Trinajstić information content (AvgIpc) is 1.99. The lowest BCUT2D eigenvalue weighted by Crippen LogP contribution is -2.35. The van der Waals surface area contributed by atoms with Crippen molar-refractivity contribution >= 4 is 16.4 Å². The Morgan fingerprint density at radius 3 is 2.21 bits per heavy atom. The summed E-state index contributed by atoms with van der Waals surface area (Å²) in [6.07, 6.45) is 0.0535. The predicted octanol–water partition coefficient (Wildman–Crippen LogP) is 0.615. The number of hydrogen-bond acceptors (Lipinski definition) is 4. The lowest BCUT2D eigenvalue weighted by Gasteiger charge is -2.25. The van der Waals surface area contributed by atoms with Gasteiger partial charge >= 0.3 is 16.4 Å². The van der Waals surface area contributed by atoms with E-state index >= 15 is 0 Å². The van der Waals surface area contributed by atoms with Gasteiger partial charge in [-0.1, -0.05) is 13.5 Å². The number of carboxylic acid groups (broad SMARTS) is 1. The van der Waals surface area contributed by atoms with Crippen molar-refractivity contribution in [2.45, 2.75) is 25.9 Å². The van der Waals surface area contributed by atoms with Crippen LogP contribution in [0.4, 0.5) is 0 Å². The smallest absolute Gasteiger partial charge is 0.398 e. The van der Waals surface area contributed by atoms with Gasteiger partial charge in [-0.3, -0.25) is 4.55 Å². The van der Waals surface area contributed by atoms with Gasteiger partial charge < -0.3 is 5.11 Å². The topological polar surface area (TPSA) is 101 Å². The van der Waals surface area contributed by atoms with Crippen molar-refractivity contribution in [1.82, 2.24) is 0 Å². The van der Waals surface area contributed by atoms with E-state index in [0.29, 0.717) is 0 Å². The summed E-state index contributed by atoms with van der Waals surface area (Å²) in [5, 5.41) is 8.59. The van der Waals surface area contributed by atoms with Crippen LogP contribution in [-0.2, 0) is 19.4 Å². The Hall–Kier alpha value is -0.920. The van der Waals surface area contributed by atoms with Gasteiger partial charge in [0.15, 0.2) is 0 Å². The quantitative estimate of drug-likeness (QED) is 0.524. The van der Waals surface area contributed by atoms with Crippen LogP contribution in [0.15, 0.2) is 12.2 Å². The van der Waals surface area contributed by atoms with Gasteiger partial charge in [0, 0.05) is 0 Å². The molecule has 1 unspecified atom stereocenters. The molecule has 7 heteroatoms. The molecule has 0 aliphatic heterocycles. The molecule has 0 aromatic carbocycles. The van der Waals surface area contributed by atoms with Gasteiger partial charge in [0.25, 0.3) is 0 Å². The van der Waals surface area contributed by atoms with Gasteiger partial charge in [-0.25, -0.2) is 8.98 Å². The third-order valence-corrected chi connectivity index (χ3v) is 2.44. The Labute approximate surface area is 82.1 Å². The zero-order valence-electron chi connectivity index (χ0n) is 7.85. The SMILES string of the molecule is C=C(C(=O)O)C(C)(CC)OS(=O)(=O)O. The number of aliphatic carboxylic acids is 1. The Balaban J connectivity index is 5.00. The maximum atomic E-state index is 10.5. The van der Waals surface area contributed by atoms with Gasteiger partial charge in [-0.15, -0.1) is 0 Å². The average molecular weight is 224 g/mol. The van der Waals surface area contributed by atoms with Crippen LogP contribution in [0.3, 0.4) is 0 Å². The number of rotatable bonds is 5. The van der Waals surface area contributed by atoms with Crippen molar-refractivity contribution in [3.63, 3.8) is 0 Å². The molecule has 14 heavy (non-hydrogen) atoms. The van der Waals surface area contributed by atoms with Gasteiger partial charge in [0.1, 0.15) is 5.60 Å². The minimum absolute atomic E-state index is 0.0535. The van der Waals surface area contributed by atoms with Crippen molar-refractivity contribution in [2.24, 2.45) is 0 Å². The maximum absolute atomic E-state index is 10.5. The Bertz CT molecular complexity index is 343. The molecule has 0 rings (SSSR count). The molecule has 6 nitrogen and oxygen atoms in total.